The number of alkyl halides is 1. The summed E-state index contributed by atoms with van der Waals surface area (Å²) >= 11 is 5.61. The minimum Gasteiger partial charge on any atom is -0.324 e. The van der Waals surface area contributed by atoms with Crippen LogP contribution in [0.3, 0.4) is 0 Å². The molecule has 76 valence electrons. The first-order valence-corrected chi connectivity index (χ1v) is 5.03. The molecule has 0 aliphatic rings. The fourth-order valence-corrected chi connectivity index (χ4v) is 1.50. The number of hydrogen-bond acceptors (Lipinski definition) is 2. The Morgan fingerprint density at radius 1 is 1.33 bits per heavy atom. The molecule has 0 radical (unpaired) electrons. The molecule has 2 rings (SSSR count). The van der Waals surface area contributed by atoms with Gasteiger partial charge in [0.05, 0.1) is 5.88 Å². The molecule has 0 aromatic carbocycles. The monoisotopic (exact) mass is 220 g/mol. The van der Waals surface area contributed by atoms with Gasteiger partial charge in [-0.25, -0.2) is 0 Å². The van der Waals surface area contributed by atoms with E-state index < -0.39 is 0 Å². The standard InChI is InChI=1S/C11H9ClN2O/c12-6-9-3-4-10(11(15)14-9)8-2-1-5-13-7-8/h1-5,7H,6H2,(H,14,15). The molecule has 15 heavy (non-hydrogen) atoms. The van der Waals surface area contributed by atoms with Crippen molar-refractivity contribution in [3.05, 3.63) is 52.7 Å². The van der Waals surface area contributed by atoms with E-state index in [1.54, 1.807) is 30.6 Å². The van der Waals surface area contributed by atoms with Gasteiger partial charge >= 0.3 is 0 Å². The van der Waals surface area contributed by atoms with Gasteiger partial charge in [-0.1, -0.05) is 6.07 Å². The number of hydrogen-bond donors (Lipinski definition) is 1. The highest BCUT2D eigenvalue weighted by Crippen LogP contribution is 2.13. The summed E-state index contributed by atoms with van der Waals surface area (Å²) in [6.07, 6.45) is 3.33. The van der Waals surface area contributed by atoms with Crippen molar-refractivity contribution in [1.29, 1.82) is 0 Å². The van der Waals surface area contributed by atoms with Crippen LogP contribution in [0.5, 0.6) is 0 Å². The fraction of sp³-hybridized carbons (Fsp3) is 0.0909. The Balaban J connectivity index is 2.51. The molecule has 1 N–H and O–H groups in total. The van der Waals surface area contributed by atoms with Gasteiger partial charge in [0.1, 0.15) is 0 Å². The topological polar surface area (TPSA) is 45.8 Å². The lowest BCUT2D eigenvalue weighted by Gasteiger charge is -2.00. The van der Waals surface area contributed by atoms with Gasteiger partial charge < -0.3 is 4.98 Å². The van der Waals surface area contributed by atoms with Crippen molar-refractivity contribution in [2.24, 2.45) is 0 Å². The maximum absolute atomic E-state index is 11.7. The molecule has 2 heterocycles. The average Bonchev–Trinajstić information content (AvgIpc) is 2.30. The van der Waals surface area contributed by atoms with Crippen LogP contribution in [-0.4, -0.2) is 9.97 Å². The Hall–Kier alpha value is -1.61. The molecule has 4 heteroatoms. The maximum atomic E-state index is 11.7. The number of nitrogens with one attached hydrogen (secondary N) is 1. The highest BCUT2D eigenvalue weighted by Gasteiger charge is 2.03. The molecule has 0 fully saturated rings. The van der Waals surface area contributed by atoms with Crippen molar-refractivity contribution in [2.45, 2.75) is 5.88 Å². The molecular formula is C11H9ClN2O. The molecule has 0 saturated heterocycles. The predicted molar refractivity (Wildman–Crippen MR) is 59.9 cm³/mol. The normalized spacial score (nSPS) is 10.2. The molecule has 0 amide bonds. The van der Waals surface area contributed by atoms with Gasteiger partial charge in [-0.15, -0.1) is 11.6 Å². The molecule has 0 bridgehead atoms. The third-order valence-electron chi connectivity index (χ3n) is 2.09. The highest BCUT2D eigenvalue weighted by molar-refractivity contribution is 6.16. The van der Waals surface area contributed by atoms with Crippen LogP contribution in [0.2, 0.25) is 0 Å². The maximum Gasteiger partial charge on any atom is 0.256 e. The van der Waals surface area contributed by atoms with E-state index in [2.05, 4.69) is 9.97 Å². The SMILES string of the molecule is O=c1[nH]c(CCl)ccc1-c1cccnc1. The predicted octanol–water partition coefficient (Wildman–Crippen LogP) is 2.18. The molecule has 0 aliphatic carbocycles. The van der Waals surface area contributed by atoms with Crippen LogP contribution in [0.25, 0.3) is 11.1 Å². The first-order valence-electron chi connectivity index (χ1n) is 4.50. The van der Waals surface area contributed by atoms with Crippen molar-refractivity contribution >= 4 is 11.6 Å². The van der Waals surface area contributed by atoms with Gasteiger partial charge in [-0.3, -0.25) is 9.78 Å². The second kappa shape index (κ2) is 4.28. The van der Waals surface area contributed by atoms with E-state index in [1.807, 2.05) is 6.07 Å². The number of H-pyrrole nitrogens is 1. The summed E-state index contributed by atoms with van der Waals surface area (Å²) in [5.41, 5.74) is 1.99. The number of aromatic nitrogens is 2. The van der Waals surface area contributed by atoms with Crippen molar-refractivity contribution in [3.63, 3.8) is 0 Å². The molecule has 0 atom stereocenters. The summed E-state index contributed by atoms with van der Waals surface area (Å²) < 4.78 is 0. The molecule has 0 saturated carbocycles. The number of rotatable bonds is 2. The summed E-state index contributed by atoms with van der Waals surface area (Å²) in [5, 5.41) is 0. The van der Waals surface area contributed by atoms with Crippen LogP contribution in [0, 0.1) is 0 Å². The van der Waals surface area contributed by atoms with Crippen LogP contribution in [0.1, 0.15) is 5.69 Å². The van der Waals surface area contributed by atoms with Crippen LogP contribution in [-0.2, 0) is 5.88 Å². The molecular weight excluding hydrogens is 212 g/mol. The Labute approximate surface area is 91.8 Å². The van der Waals surface area contributed by atoms with Crippen LogP contribution in [0.15, 0.2) is 41.5 Å². The Morgan fingerprint density at radius 3 is 2.80 bits per heavy atom. The van der Waals surface area contributed by atoms with E-state index in [0.29, 0.717) is 17.1 Å². The quantitative estimate of drug-likeness (QED) is 0.789. The average molecular weight is 221 g/mol. The minimum atomic E-state index is -0.138. The molecule has 3 nitrogen and oxygen atoms in total. The first-order chi connectivity index (χ1) is 7.31. The van der Waals surface area contributed by atoms with Crippen molar-refractivity contribution in [2.75, 3.05) is 0 Å². The van der Waals surface area contributed by atoms with Crippen molar-refractivity contribution in [1.82, 2.24) is 9.97 Å². The van der Waals surface area contributed by atoms with E-state index in [4.69, 9.17) is 11.6 Å². The summed E-state index contributed by atoms with van der Waals surface area (Å²) in [6.45, 7) is 0. The molecule has 0 aliphatic heterocycles. The molecule has 2 aromatic heterocycles. The third-order valence-corrected chi connectivity index (χ3v) is 2.37. The lowest BCUT2D eigenvalue weighted by molar-refractivity contribution is 1.12. The zero-order valence-corrected chi connectivity index (χ0v) is 8.66. The molecule has 2 aromatic rings. The Morgan fingerprint density at radius 2 is 2.20 bits per heavy atom. The lowest BCUT2D eigenvalue weighted by atomic mass is 10.1. The van der Waals surface area contributed by atoms with Crippen molar-refractivity contribution < 1.29 is 0 Å². The van der Waals surface area contributed by atoms with Gasteiger partial charge in [0.15, 0.2) is 0 Å². The Kier molecular flexibility index (Phi) is 2.83. The second-order valence-corrected chi connectivity index (χ2v) is 3.37. The number of halogens is 1. The minimum absolute atomic E-state index is 0.138. The second-order valence-electron chi connectivity index (χ2n) is 3.10. The largest absolute Gasteiger partial charge is 0.324 e. The fourth-order valence-electron chi connectivity index (χ4n) is 1.34. The molecule has 0 unspecified atom stereocenters. The zero-order valence-electron chi connectivity index (χ0n) is 7.90. The number of nitrogens with zero attached hydrogens (tertiary/aromatic N) is 1. The van der Waals surface area contributed by atoms with Gasteiger partial charge in [0, 0.05) is 29.2 Å². The zero-order chi connectivity index (χ0) is 10.7. The summed E-state index contributed by atoms with van der Waals surface area (Å²) in [4.78, 5) is 18.3. The van der Waals surface area contributed by atoms with E-state index >= 15 is 0 Å². The number of aromatic amines is 1. The van der Waals surface area contributed by atoms with E-state index in [1.165, 1.54) is 0 Å². The van der Waals surface area contributed by atoms with E-state index in [-0.39, 0.29) is 5.56 Å². The van der Waals surface area contributed by atoms with Crippen LogP contribution >= 0.6 is 11.6 Å². The smallest absolute Gasteiger partial charge is 0.256 e. The first kappa shape index (κ1) is 9.93. The lowest BCUT2D eigenvalue weighted by Crippen LogP contribution is -2.10. The van der Waals surface area contributed by atoms with Gasteiger partial charge in [0.2, 0.25) is 0 Å². The Bertz CT molecular complexity index is 507. The van der Waals surface area contributed by atoms with Crippen LogP contribution in [0.4, 0.5) is 0 Å². The summed E-state index contributed by atoms with van der Waals surface area (Å²) in [5.74, 6) is 0.308. The van der Waals surface area contributed by atoms with Gasteiger partial charge in [0.25, 0.3) is 5.56 Å². The summed E-state index contributed by atoms with van der Waals surface area (Å²) in [6, 6.07) is 7.20. The van der Waals surface area contributed by atoms with Crippen LogP contribution < -0.4 is 5.56 Å². The van der Waals surface area contributed by atoms with Gasteiger partial charge in [-0.2, -0.15) is 0 Å². The summed E-state index contributed by atoms with van der Waals surface area (Å²) in [7, 11) is 0. The van der Waals surface area contributed by atoms with E-state index in [9.17, 15) is 4.79 Å². The molecule has 0 spiro atoms. The van der Waals surface area contributed by atoms with Crippen molar-refractivity contribution in [3.8, 4) is 11.1 Å². The third kappa shape index (κ3) is 2.07. The van der Waals surface area contributed by atoms with Gasteiger partial charge in [-0.05, 0) is 18.2 Å². The number of pyridine rings is 2. The highest BCUT2D eigenvalue weighted by atomic mass is 35.5. The van der Waals surface area contributed by atoms with E-state index in [0.717, 1.165) is 5.56 Å².